The van der Waals surface area contributed by atoms with Crippen molar-refractivity contribution < 1.29 is 13.2 Å². The van der Waals surface area contributed by atoms with Gasteiger partial charge in [0, 0.05) is 5.02 Å². The summed E-state index contributed by atoms with van der Waals surface area (Å²) in [5.41, 5.74) is 0.110. The second-order valence-electron chi connectivity index (χ2n) is 4.39. The lowest BCUT2D eigenvalue weighted by Crippen LogP contribution is -2.35. The highest BCUT2D eigenvalue weighted by atomic mass is 35.5. The molecule has 0 aliphatic rings. The van der Waals surface area contributed by atoms with Crippen LogP contribution in [0.5, 0.6) is 0 Å². The van der Waals surface area contributed by atoms with Crippen LogP contribution in [0.25, 0.3) is 0 Å². The molecule has 0 spiro atoms. The number of anilines is 1. The molecular formula is C14H9Cl4NO3S. The fraction of sp³-hybridized carbons (Fsp3) is 0.0714. The molecule has 0 fully saturated rings. The second kappa shape index (κ2) is 7.28. The fourth-order valence-corrected chi connectivity index (χ4v) is 4.52. The maximum absolute atomic E-state index is 12.9. The van der Waals surface area contributed by atoms with E-state index >= 15 is 0 Å². The summed E-state index contributed by atoms with van der Waals surface area (Å²) in [6, 6.07) is 10.2. The van der Waals surface area contributed by atoms with E-state index < -0.39 is 21.8 Å². The van der Waals surface area contributed by atoms with E-state index in [0.29, 0.717) is 0 Å². The normalized spacial score (nSPS) is 11.3. The first-order valence-electron chi connectivity index (χ1n) is 6.14. The van der Waals surface area contributed by atoms with E-state index in [4.69, 9.17) is 46.4 Å². The molecule has 23 heavy (non-hydrogen) atoms. The summed E-state index contributed by atoms with van der Waals surface area (Å²) >= 11 is 23.3. The van der Waals surface area contributed by atoms with Crippen molar-refractivity contribution in [3.05, 3.63) is 57.5 Å². The Kier molecular flexibility index (Phi) is 5.81. The van der Waals surface area contributed by atoms with E-state index in [1.165, 1.54) is 30.3 Å². The van der Waals surface area contributed by atoms with Crippen LogP contribution >= 0.6 is 46.4 Å². The van der Waals surface area contributed by atoms with Crippen molar-refractivity contribution in [3.63, 3.8) is 0 Å². The maximum atomic E-state index is 12.9. The summed E-state index contributed by atoms with van der Waals surface area (Å²) in [6.07, 6.45) is 0. The zero-order chi connectivity index (χ0) is 17.2. The highest BCUT2D eigenvalue weighted by Gasteiger charge is 2.30. The average Bonchev–Trinajstić information content (AvgIpc) is 2.48. The minimum Gasteiger partial charge on any atom is -0.279 e. The van der Waals surface area contributed by atoms with Gasteiger partial charge in [0.15, 0.2) is 0 Å². The smallest absolute Gasteiger partial charge is 0.266 e. The molecule has 0 heterocycles. The van der Waals surface area contributed by atoms with Crippen molar-refractivity contribution >= 4 is 67.4 Å². The number of carbonyl (C=O) groups is 1. The third-order valence-corrected chi connectivity index (χ3v) is 5.77. The van der Waals surface area contributed by atoms with Gasteiger partial charge in [-0.25, -0.2) is 8.42 Å². The first-order chi connectivity index (χ1) is 10.7. The van der Waals surface area contributed by atoms with Crippen LogP contribution in [0.4, 0.5) is 5.69 Å². The molecule has 0 N–H and O–H groups in total. The molecule has 0 aliphatic heterocycles. The Bertz CT molecular complexity index is 855. The van der Waals surface area contributed by atoms with E-state index in [-0.39, 0.29) is 25.7 Å². The summed E-state index contributed by atoms with van der Waals surface area (Å²) < 4.78 is 26.6. The lowest BCUT2D eigenvalue weighted by atomic mass is 10.3. The molecular weight excluding hydrogens is 404 g/mol. The Labute approximate surface area is 153 Å². The number of sulfonamides is 1. The number of para-hydroxylation sites is 1. The van der Waals surface area contributed by atoms with Gasteiger partial charge in [0.05, 0.1) is 15.7 Å². The molecule has 4 nitrogen and oxygen atoms in total. The van der Waals surface area contributed by atoms with Crippen LogP contribution in [-0.4, -0.2) is 20.2 Å². The van der Waals surface area contributed by atoms with Crippen LogP contribution in [0.2, 0.25) is 15.1 Å². The van der Waals surface area contributed by atoms with Crippen LogP contribution in [0, 0.1) is 0 Å². The molecule has 0 radical (unpaired) electrons. The monoisotopic (exact) mass is 411 g/mol. The van der Waals surface area contributed by atoms with Gasteiger partial charge in [-0.2, -0.15) is 0 Å². The van der Waals surface area contributed by atoms with E-state index in [1.54, 1.807) is 12.1 Å². The number of carbonyl (C=O) groups excluding carboxylic acids is 1. The Balaban J connectivity index is 2.65. The molecule has 0 bridgehead atoms. The molecule has 0 unspecified atom stereocenters. The Morgan fingerprint density at radius 2 is 1.65 bits per heavy atom. The number of benzene rings is 2. The first-order valence-corrected chi connectivity index (χ1v) is 9.09. The predicted octanol–water partition coefficient (Wildman–Crippen LogP) is 4.61. The Morgan fingerprint density at radius 1 is 1.00 bits per heavy atom. The van der Waals surface area contributed by atoms with E-state index in [1.807, 2.05) is 0 Å². The third-order valence-electron chi connectivity index (χ3n) is 2.85. The van der Waals surface area contributed by atoms with Crippen molar-refractivity contribution in [1.82, 2.24) is 0 Å². The summed E-state index contributed by atoms with van der Waals surface area (Å²) in [6.45, 7) is -0.601. The van der Waals surface area contributed by atoms with Crippen LogP contribution in [-0.2, 0) is 14.8 Å². The van der Waals surface area contributed by atoms with Crippen molar-refractivity contribution in [2.24, 2.45) is 0 Å². The molecule has 0 saturated carbocycles. The van der Waals surface area contributed by atoms with Gasteiger partial charge in [-0.15, -0.1) is 0 Å². The van der Waals surface area contributed by atoms with Gasteiger partial charge in [0.1, 0.15) is 11.4 Å². The van der Waals surface area contributed by atoms with Crippen molar-refractivity contribution in [2.45, 2.75) is 4.90 Å². The maximum Gasteiger partial charge on any atom is 0.266 e. The van der Waals surface area contributed by atoms with Gasteiger partial charge >= 0.3 is 0 Å². The lowest BCUT2D eigenvalue weighted by molar-refractivity contribution is -0.110. The molecule has 9 heteroatoms. The highest BCUT2D eigenvalue weighted by molar-refractivity contribution is 7.93. The molecule has 0 aliphatic carbocycles. The van der Waals surface area contributed by atoms with Gasteiger partial charge in [0.25, 0.3) is 10.0 Å². The molecule has 0 amide bonds. The highest BCUT2D eigenvalue weighted by Crippen LogP contribution is 2.33. The minimum atomic E-state index is -4.20. The zero-order valence-corrected chi connectivity index (χ0v) is 15.2. The second-order valence-corrected chi connectivity index (χ2v) is 7.90. The van der Waals surface area contributed by atoms with Crippen LogP contribution < -0.4 is 4.31 Å². The summed E-state index contributed by atoms with van der Waals surface area (Å²) in [4.78, 5) is 11.1. The SMILES string of the molecule is O=C(Cl)CN(c1ccccc1Cl)S(=O)(=O)c1cc(Cl)ccc1Cl. The topological polar surface area (TPSA) is 54.5 Å². The van der Waals surface area contributed by atoms with Gasteiger partial charge < -0.3 is 0 Å². The number of halogens is 4. The number of nitrogens with zero attached hydrogens (tertiary/aromatic N) is 1. The third kappa shape index (κ3) is 4.11. The number of hydrogen-bond acceptors (Lipinski definition) is 3. The van der Waals surface area contributed by atoms with Crippen molar-refractivity contribution in [1.29, 1.82) is 0 Å². The minimum absolute atomic E-state index is 0.0338. The van der Waals surface area contributed by atoms with Crippen LogP contribution in [0.1, 0.15) is 0 Å². The summed E-state index contributed by atoms with van der Waals surface area (Å²) in [5, 5.41) is -0.573. The fourth-order valence-electron chi connectivity index (χ4n) is 1.86. The predicted molar refractivity (Wildman–Crippen MR) is 93.3 cm³/mol. The quantitative estimate of drug-likeness (QED) is 0.674. The molecule has 0 atom stereocenters. The molecule has 2 rings (SSSR count). The molecule has 2 aromatic carbocycles. The lowest BCUT2D eigenvalue weighted by Gasteiger charge is -2.24. The molecule has 0 saturated heterocycles. The summed E-state index contributed by atoms with van der Waals surface area (Å²) in [5.74, 6) is 0. The van der Waals surface area contributed by atoms with Crippen LogP contribution in [0.15, 0.2) is 47.4 Å². The average molecular weight is 413 g/mol. The van der Waals surface area contributed by atoms with Gasteiger partial charge in [-0.3, -0.25) is 9.10 Å². The molecule has 0 aromatic heterocycles. The van der Waals surface area contributed by atoms with E-state index in [2.05, 4.69) is 0 Å². The summed E-state index contributed by atoms with van der Waals surface area (Å²) in [7, 11) is -4.20. The first kappa shape index (κ1) is 18.4. The largest absolute Gasteiger partial charge is 0.279 e. The van der Waals surface area contributed by atoms with Crippen molar-refractivity contribution in [2.75, 3.05) is 10.8 Å². The van der Waals surface area contributed by atoms with E-state index in [0.717, 1.165) is 4.31 Å². The van der Waals surface area contributed by atoms with E-state index in [9.17, 15) is 13.2 Å². The molecule has 2 aromatic rings. The number of rotatable bonds is 5. The van der Waals surface area contributed by atoms with Crippen molar-refractivity contribution in [3.8, 4) is 0 Å². The molecule has 122 valence electrons. The Morgan fingerprint density at radius 3 is 2.26 bits per heavy atom. The standard InChI is InChI=1S/C14H9Cl4NO3S/c15-9-5-6-11(17)13(7-9)23(21,22)19(8-14(18)20)12-4-2-1-3-10(12)16/h1-7H,8H2. The Hall–Kier alpha value is -0.980. The zero-order valence-electron chi connectivity index (χ0n) is 11.3. The number of hydrogen-bond donors (Lipinski definition) is 0. The van der Waals surface area contributed by atoms with Gasteiger partial charge in [0.2, 0.25) is 5.24 Å². The van der Waals surface area contributed by atoms with Gasteiger partial charge in [-0.05, 0) is 41.9 Å². The van der Waals surface area contributed by atoms with Gasteiger partial charge in [-0.1, -0.05) is 46.9 Å². The van der Waals surface area contributed by atoms with Crippen LogP contribution in [0.3, 0.4) is 0 Å².